The van der Waals surface area contributed by atoms with Crippen LogP contribution in [-0.4, -0.2) is 49.9 Å². The molecule has 0 aromatic carbocycles. The van der Waals surface area contributed by atoms with Gasteiger partial charge < -0.3 is 15.5 Å². The zero-order chi connectivity index (χ0) is 15.8. The van der Waals surface area contributed by atoms with Crippen LogP contribution in [0.25, 0.3) is 0 Å². The predicted molar refractivity (Wildman–Crippen MR) is 96.4 cm³/mol. The maximum absolute atomic E-state index is 12.2. The van der Waals surface area contributed by atoms with Gasteiger partial charge in [-0.3, -0.25) is 9.59 Å². The number of amides is 2. The van der Waals surface area contributed by atoms with E-state index >= 15 is 0 Å². The summed E-state index contributed by atoms with van der Waals surface area (Å²) in [7, 11) is 1.96. The zero-order valence-electron chi connectivity index (χ0n) is 13.5. The van der Waals surface area contributed by atoms with E-state index in [1.807, 2.05) is 22.7 Å². The summed E-state index contributed by atoms with van der Waals surface area (Å²) in [6, 6.07) is 1.81. The summed E-state index contributed by atoms with van der Waals surface area (Å²) in [4.78, 5) is 26.0. The normalized spacial score (nSPS) is 17.4. The Hall–Kier alpha value is -1.11. The van der Waals surface area contributed by atoms with E-state index < -0.39 is 0 Å². The monoisotopic (exact) mass is 359 g/mol. The molecule has 2 rings (SSSR count). The molecule has 1 saturated heterocycles. The molecule has 23 heavy (non-hydrogen) atoms. The predicted octanol–water partition coefficient (Wildman–Crippen LogP) is 2.14. The lowest BCUT2D eigenvalue weighted by Gasteiger charge is -2.32. The van der Waals surface area contributed by atoms with Crippen LogP contribution >= 0.6 is 23.7 Å². The Balaban J connectivity index is 0.00000264. The van der Waals surface area contributed by atoms with Crippen molar-refractivity contribution in [1.29, 1.82) is 0 Å². The van der Waals surface area contributed by atoms with E-state index in [4.69, 9.17) is 0 Å². The minimum Gasteiger partial charge on any atom is -0.352 e. The lowest BCUT2D eigenvalue weighted by atomic mass is 9.97. The first-order valence-electron chi connectivity index (χ1n) is 7.93. The average molecular weight is 360 g/mol. The van der Waals surface area contributed by atoms with Gasteiger partial charge in [0.1, 0.15) is 0 Å². The first-order valence-corrected chi connectivity index (χ1v) is 8.87. The average Bonchev–Trinajstić information content (AvgIpc) is 3.06. The fourth-order valence-corrected chi connectivity index (χ4v) is 3.48. The molecule has 0 aliphatic carbocycles. The lowest BCUT2D eigenvalue weighted by Crippen LogP contribution is -2.42. The van der Waals surface area contributed by atoms with Gasteiger partial charge in [-0.15, -0.1) is 12.4 Å². The number of nitrogens with zero attached hydrogens (tertiary/aromatic N) is 1. The zero-order valence-corrected chi connectivity index (χ0v) is 15.2. The molecular weight excluding hydrogens is 334 g/mol. The fraction of sp³-hybridized carbons (Fsp3) is 0.625. The second-order valence-electron chi connectivity index (χ2n) is 5.78. The second kappa shape index (κ2) is 10.6. The maximum Gasteiger partial charge on any atom is 0.252 e. The molecule has 5 nitrogen and oxygen atoms in total. The van der Waals surface area contributed by atoms with Crippen molar-refractivity contribution < 1.29 is 9.59 Å². The quantitative estimate of drug-likeness (QED) is 0.733. The molecule has 1 aromatic heterocycles. The maximum atomic E-state index is 12.2. The highest BCUT2D eigenvalue weighted by Crippen LogP contribution is 2.16. The molecule has 0 radical (unpaired) electrons. The van der Waals surface area contributed by atoms with E-state index in [9.17, 15) is 9.59 Å². The van der Waals surface area contributed by atoms with Crippen LogP contribution in [0.5, 0.6) is 0 Å². The molecule has 2 amide bonds. The van der Waals surface area contributed by atoms with Crippen molar-refractivity contribution in [2.75, 3.05) is 33.2 Å². The number of carbonyl (C=O) groups is 2. The lowest BCUT2D eigenvalue weighted by molar-refractivity contribution is -0.133. The van der Waals surface area contributed by atoms with Crippen molar-refractivity contribution in [3.8, 4) is 0 Å². The Bertz CT molecular complexity index is 480. The van der Waals surface area contributed by atoms with Gasteiger partial charge in [0.15, 0.2) is 0 Å². The minimum atomic E-state index is -0.0549. The largest absolute Gasteiger partial charge is 0.352 e. The third-order valence-corrected chi connectivity index (χ3v) is 4.68. The van der Waals surface area contributed by atoms with Crippen molar-refractivity contribution in [3.63, 3.8) is 0 Å². The molecular formula is C16H26ClN3O2S. The number of hydrogen-bond donors (Lipinski definition) is 2. The smallest absolute Gasteiger partial charge is 0.252 e. The Morgan fingerprint density at radius 2 is 2.26 bits per heavy atom. The molecule has 0 bridgehead atoms. The van der Waals surface area contributed by atoms with E-state index in [-0.39, 0.29) is 24.2 Å². The topological polar surface area (TPSA) is 61.4 Å². The van der Waals surface area contributed by atoms with Crippen LogP contribution in [0.2, 0.25) is 0 Å². The van der Waals surface area contributed by atoms with E-state index in [1.54, 1.807) is 6.07 Å². The van der Waals surface area contributed by atoms with Gasteiger partial charge in [0.25, 0.3) is 5.91 Å². The molecule has 1 aromatic rings. The van der Waals surface area contributed by atoms with Crippen LogP contribution in [0.4, 0.5) is 0 Å². The van der Waals surface area contributed by atoms with Crippen molar-refractivity contribution in [1.82, 2.24) is 15.5 Å². The Labute approximate surface area is 148 Å². The number of thiophene rings is 1. The Kier molecular flexibility index (Phi) is 9.21. The summed E-state index contributed by atoms with van der Waals surface area (Å²) < 4.78 is 0. The SMILES string of the molecule is CNCC1CCCN(C(=O)CCCNC(=O)c2ccsc2)C1.Cl. The highest BCUT2D eigenvalue weighted by Gasteiger charge is 2.22. The molecule has 1 fully saturated rings. The van der Waals surface area contributed by atoms with Gasteiger partial charge in [-0.25, -0.2) is 0 Å². The summed E-state index contributed by atoms with van der Waals surface area (Å²) in [5, 5.41) is 9.76. The third-order valence-electron chi connectivity index (χ3n) is 4.00. The van der Waals surface area contributed by atoms with Crippen molar-refractivity contribution in [3.05, 3.63) is 22.4 Å². The van der Waals surface area contributed by atoms with Gasteiger partial charge in [-0.1, -0.05) is 0 Å². The number of nitrogens with one attached hydrogen (secondary N) is 2. The molecule has 1 aliphatic heterocycles. The first kappa shape index (κ1) is 19.9. The van der Waals surface area contributed by atoms with Gasteiger partial charge in [-0.2, -0.15) is 11.3 Å². The van der Waals surface area contributed by atoms with Crippen LogP contribution < -0.4 is 10.6 Å². The Morgan fingerprint density at radius 3 is 2.96 bits per heavy atom. The number of halogens is 1. The van der Waals surface area contributed by atoms with E-state index in [2.05, 4.69) is 10.6 Å². The molecule has 1 aliphatic rings. The van der Waals surface area contributed by atoms with E-state index in [0.717, 1.165) is 26.1 Å². The molecule has 1 unspecified atom stereocenters. The fourth-order valence-electron chi connectivity index (χ4n) is 2.84. The first-order chi connectivity index (χ1) is 10.7. The van der Waals surface area contributed by atoms with Gasteiger partial charge in [0.05, 0.1) is 0 Å². The number of rotatable bonds is 7. The molecule has 0 spiro atoms. The van der Waals surface area contributed by atoms with Crippen LogP contribution in [0.3, 0.4) is 0 Å². The third kappa shape index (κ3) is 6.49. The van der Waals surface area contributed by atoms with Crippen LogP contribution in [0.15, 0.2) is 16.8 Å². The van der Waals surface area contributed by atoms with Gasteiger partial charge in [-0.05, 0) is 50.2 Å². The highest BCUT2D eigenvalue weighted by atomic mass is 35.5. The van der Waals surface area contributed by atoms with Crippen LogP contribution in [0, 0.1) is 5.92 Å². The van der Waals surface area contributed by atoms with Gasteiger partial charge >= 0.3 is 0 Å². The summed E-state index contributed by atoms with van der Waals surface area (Å²) in [6.07, 6.45) is 3.49. The summed E-state index contributed by atoms with van der Waals surface area (Å²) in [5.74, 6) is 0.729. The summed E-state index contributed by atoms with van der Waals surface area (Å²) >= 11 is 1.51. The molecule has 7 heteroatoms. The van der Waals surface area contributed by atoms with E-state index in [0.29, 0.717) is 30.9 Å². The highest BCUT2D eigenvalue weighted by molar-refractivity contribution is 7.08. The Morgan fingerprint density at radius 1 is 1.43 bits per heavy atom. The molecule has 2 heterocycles. The van der Waals surface area contributed by atoms with Crippen LogP contribution in [0.1, 0.15) is 36.0 Å². The summed E-state index contributed by atoms with van der Waals surface area (Å²) in [6.45, 7) is 3.26. The van der Waals surface area contributed by atoms with Crippen molar-refractivity contribution in [2.45, 2.75) is 25.7 Å². The molecule has 0 saturated carbocycles. The van der Waals surface area contributed by atoms with Crippen molar-refractivity contribution >= 4 is 35.6 Å². The molecule has 130 valence electrons. The van der Waals surface area contributed by atoms with Gasteiger partial charge in [0, 0.05) is 37.0 Å². The number of piperidine rings is 1. The number of hydrogen-bond acceptors (Lipinski definition) is 4. The standard InChI is InChI=1S/C16H25N3O2S.ClH/c1-17-10-13-4-3-8-19(11-13)15(20)5-2-7-18-16(21)14-6-9-22-12-14;/h6,9,12-13,17H,2-5,7-8,10-11H2,1H3,(H,18,21);1H. The van der Waals surface area contributed by atoms with E-state index in [1.165, 1.54) is 17.8 Å². The molecule has 1 atom stereocenters. The molecule has 2 N–H and O–H groups in total. The van der Waals surface area contributed by atoms with Gasteiger partial charge in [0.2, 0.25) is 5.91 Å². The van der Waals surface area contributed by atoms with Crippen LogP contribution in [-0.2, 0) is 4.79 Å². The number of likely N-dealkylation sites (tertiary alicyclic amines) is 1. The number of carbonyl (C=O) groups excluding carboxylic acids is 2. The summed E-state index contributed by atoms with van der Waals surface area (Å²) in [5.41, 5.74) is 0.697. The second-order valence-corrected chi connectivity index (χ2v) is 6.56. The van der Waals surface area contributed by atoms with Crippen molar-refractivity contribution in [2.24, 2.45) is 5.92 Å². The minimum absolute atomic E-state index is 0.